The third-order valence-electron chi connectivity index (χ3n) is 1.81. The molecule has 0 atom stereocenters. The van der Waals surface area contributed by atoms with Gasteiger partial charge in [-0.2, -0.15) is 0 Å². The summed E-state index contributed by atoms with van der Waals surface area (Å²) in [6, 6.07) is 5.89. The molecule has 0 radical (unpaired) electrons. The van der Waals surface area contributed by atoms with Crippen LogP contribution in [0.5, 0.6) is 5.75 Å². The van der Waals surface area contributed by atoms with Crippen LogP contribution in [0.2, 0.25) is 0 Å². The monoisotopic (exact) mass is 181 g/mol. The molecule has 0 spiro atoms. The van der Waals surface area contributed by atoms with Crippen molar-refractivity contribution in [1.29, 1.82) is 0 Å². The number of nitrogens with two attached hydrogens (primary N) is 1. The average Bonchev–Trinajstić information content (AvgIpc) is 2.16. The largest absolute Gasteiger partial charge is 0.467 e. The Labute approximate surface area is 78.5 Å². The fourth-order valence-corrected chi connectivity index (χ4v) is 1.12. The summed E-state index contributed by atoms with van der Waals surface area (Å²) in [5.41, 5.74) is 7.70. The highest BCUT2D eigenvalue weighted by Gasteiger charge is 1.99. The number of methoxy groups -OCH3 is 1. The Kier molecular flexibility index (Phi) is 3.73. The summed E-state index contributed by atoms with van der Waals surface area (Å²) < 4.78 is 10.1. The van der Waals surface area contributed by atoms with E-state index in [1.54, 1.807) is 7.11 Å². The molecule has 0 aliphatic heterocycles. The summed E-state index contributed by atoms with van der Waals surface area (Å²) in [6.07, 6.45) is 0. The first kappa shape index (κ1) is 10.0. The lowest BCUT2D eigenvalue weighted by Gasteiger charge is -2.08. The van der Waals surface area contributed by atoms with Gasteiger partial charge in [0.25, 0.3) is 0 Å². The van der Waals surface area contributed by atoms with Gasteiger partial charge in [0.2, 0.25) is 0 Å². The van der Waals surface area contributed by atoms with Gasteiger partial charge in [-0.05, 0) is 24.1 Å². The summed E-state index contributed by atoms with van der Waals surface area (Å²) in [5, 5.41) is 0. The van der Waals surface area contributed by atoms with Crippen LogP contribution >= 0.6 is 0 Å². The van der Waals surface area contributed by atoms with Crippen molar-refractivity contribution in [1.82, 2.24) is 0 Å². The lowest BCUT2D eigenvalue weighted by Crippen LogP contribution is -2.02. The Bertz CT molecular complexity index is 274. The lowest BCUT2D eigenvalue weighted by atomic mass is 10.1. The molecule has 1 aromatic carbocycles. The Morgan fingerprint density at radius 3 is 2.69 bits per heavy atom. The summed E-state index contributed by atoms with van der Waals surface area (Å²) in [6.45, 7) is 2.83. The molecule has 0 bridgehead atoms. The first-order chi connectivity index (χ1) is 6.27. The Morgan fingerprint density at radius 2 is 2.15 bits per heavy atom. The summed E-state index contributed by atoms with van der Waals surface area (Å²) in [5.74, 6) is 0.846. The van der Waals surface area contributed by atoms with Crippen LogP contribution in [0.15, 0.2) is 18.2 Å². The van der Waals surface area contributed by atoms with Gasteiger partial charge in [0.1, 0.15) is 5.75 Å². The van der Waals surface area contributed by atoms with Crippen LogP contribution in [0, 0.1) is 6.92 Å². The van der Waals surface area contributed by atoms with Crippen LogP contribution in [-0.2, 0) is 11.3 Å². The van der Waals surface area contributed by atoms with E-state index in [1.807, 2.05) is 25.1 Å². The molecule has 1 rings (SSSR count). The first-order valence-corrected chi connectivity index (χ1v) is 4.19. The van der Waals surface area contributed by atoms with E-state index in [0.29, 0.717) is 6.54 Å². The number of hydrogen-bond acceptors (Lipinski definition) is 3. The SMILES string of the molecule is COCOc1ccc(CN)cc1C. The topological polar surface area (TPSA) is 44.5 Å². The molecule has 1 aromatic rings. The highest BCUT2D eigenvalue weighted by atomic mass is 16.7. The van der Waals surface area contributed by atoms with Gasteiger partial charge >= 0.3 is 0 Å². The van der Waals surface area contributed by atoms with Gasteiger partial charge in [-0.15, -0.1) is 0 Å². The molecule has 3 heteroatoms. The van der Waals surface area contributed by atoms with Gasteiger partial charge < -0.3 is 15.2 Å². The number of hydrogen-bond donors (Lipinski definition) is 1. The van der Waals surface area contributed by atoms with E-state index in [2.05, 4.69) is 0 Å². The molecular formula is C10H15NO2. The van der Waals surface area contributed by atoms with Crippen molar-refractivity contribution in [2.75, 3.05) is 13.9 Å². The normalized spacial score (nSPS) is 10.1. The van der Waals surface area contributed by atoms with Crippen LogP contribution in [0.4, 0.5) is 0 Å². The Hall–Kier alpha value is -1.06. The molecular weight excluding hydrogens is 166 g/mol. The molecule has 0 aliphatic carbocycles. The highest BCUT2D eigenvalue weighted by Crippen LogP contribution is 2.18. The van der Waals surface area contributed by atoms with E-state index in [4.69, 9.17) is 15.2 Å². The van der Waals surface area contributed by atoms with Crippen LogP contribution in [-0.4, -0.2) is 13.9 Å². The molecule has 0 unspecified atom stereocenters. The maximum atomic E-state index is 5.50. The maximum Gasteiger partial charge on any atom is 0.188 e. The van der Waals surface area contributed by atoms with E-state index in [9.17, 15) is 0 Å². The smallest absolute Gasteiger partial charge is 0.188 e. The van der Waals surface area contributed by atoms with Gasteiger partial charge in [-0.25, -0.2) is 0 Å². The highest BCUT2D eigenvalue weighted by molar-refractivity contribution is 5.36. The molecule has 0 heterocycles. The fourth-order valence-electron chi connectivity index (χ4n) is 1.12. The predicted octanol–water partition coefficient (Wildman–Crippen LogP) is 1.44. The molecule has 0 saturated carbocycles. The van der Waals surface area contributed by atoms with Crippen LogP contribution in [0.25, 0.3) is 0 Å². The minimum atomic E-state index is 0.281. The van der Waals surface area contributed by atoms with Crippen molar-refractivity contribution in [2.24, 2.45) is 5.73 Å². The first-order valence-electron chi connectivity index (χ1n) is 4.19. The second-order valence-corrected chi connectivity index (χ2v) is 2.85. The summed E-state index contributed by atoms with van der Waals surface area (Å²) in [7, 11) is 1.60. The fraction of sp³-hybridized carbons (Fsp3) is 0.400. The Balaban J connectivity index is 2.73. The molecule has 0 aliphatic rings. The molecule has 13 heavy (non-hydrogen) atoms. The van der Waals surface area contributed by atoms with E-state index in [1.165, 1.54) is 0 Å². The van der Waals surface area contributed by atoms with Crippen LogP contribution in [0.1, 0.15) is 11.1 Å². The Morgan fingerprint density at radius 1 is 1.38 bits per heavy atom. The molecule has 0 amide bonds. The molecule has 2 N–H and O–H groups in total. The van der Waals surface area contributed by atoms with E-state index >= 15 is 0 Å². The zero-order valence-corrected chi connectivity index (χ0v) is 8.04. The molecule has 0 saturated heterocycles. The number of aryl methyl sites for hydroxylation is 1. The van der Waals surface area contributed by atoms with E-state index < -0.39 is 0 Å². The number of rotatable bonds is 4. The minimum absolute atomic E-state index is 0.281. The van der Waals surface area contributed by atoms with Crippen molar-refractivity contribution in [3.05, 3.63) is 29.3 Å². The van der Waals surface area contributed by atoms with Gasteiger partial charge in [0.05, 0.1) is 0 Å². The summed E-state index contributed by atoms with van der Waals surface area (Å²) >= 11 is 0. The molecule has 3 nitrogen and oxygen atoms in total. The van der Waals surface area contributed by atoms with Crippen LogP contribution in [0.3, 0.4) is 0 Å². The molecule has 0 aromatic heterocycles. The van der Waals surface area contributed by atoms with E-state index in [0.717, 1.165) is 16.9 Å². The van der Waals surface area contributed by atoms with Gasteiger partial charge in [0.15, 0.2) is 6.79 Å². The lowest BCUT2D eigenvalue weighted by molar-refractivity contribution is 0.0506. The minimum Gasteiger partial charge on any atom is -0.467 e. The van der Waals surface area contributed by atoms with Crippen LogP contribution < -0.4 is 10.5 Å². The number of ether oxygens (including phenoxy) is 2. The zero-order chi connectivity index (χ0) is 9.68. The second-order valence-electron chi connectivity index (χ2n) is 2.85. The van der Waals surface area contributed by atoms with Gasteiger partial charge in [-0.1, -0.05) is 12.1 Å². The third kappa shape index (κ3) is 2.72. The standard InChI is InChI=1S/C10H15NO2/c1-8-5-9(6-11)3-4-10(8)13-7-12-2/h3-5H,6-7,11H2,1-2H3. The number of benzene rings is 1. The predicted molar refractivity (Wildman–Crippen MR) is 51.6 cm³/mol. The average molecular weight is 181 g/mol. The maximum absolute atomic E-state index is 5.50. The second kappa shape index (κ2) is 4.84. The summed E-state index contributed by atoms with van der Waals surface area (Å²) in [4.78, 5) is 0. The van der Waals surface area contributed by atoms with Crippen molar-refractivity contribution in [2.45, 2.75) is 13.5 Å². The zero-order valence-electron chi connectivity index (χ0n) is 8.04. The van der Waals surface area contributed by atoms with Crippen molar-refractivity contribution < 1.29 is 9.47 Å². The van der Waals surface area contributed by atoms with Crippen molar-refractivity contribution in [3.63, 3.8) is 0 Å². The van der Waals surface area contributed by atoms with Gasteiger partial charge in [-0.3, -0.25) is 0 Å². The van der Waals surface area contributed by atoms with E-state index in [-0.39, 0.29) is 6.79 Å². The quantitative estimate of drug-likeness (QED) is 0.715. The van der Waals surface area contributed by atoms with Crippen molar-refractivity contribution in [3.8, 4) is 5.75 Å². The molecule has 0 fully saturated rings. The third-order valence-corrected chi connectivity index (χ3v) is 1.81. The van der Waals surface area contributed by atoms with Crippen molar-refractivity contribution >= 4 is 0 Å². The molecule has 72 valence electrons. The van der Waals surface area contributed by atoms with Gasteiger partial charge in [0, 0.05) is 13.7 Å².